The predicted molar refractivity (Wildman–Crippen MR) is 22.6 cm³/mol. The van der Waals surface area contributed by atoms with Crippen molar-refractivity contribution >= 4 is 0 Å². The van der Waals surface area contributed by atoms with Crippen LogP contribution in [0.2, 0.25) is 0 Å². The average molecular weight is 107 g/mol. The van der Waals surface area contributed by atoms with E-state index in [1.165, 1.54) is 0 Å². The van der Waals surface area contributed by atoms with Crippen LogP contribution >= 0.6 is 0 Å². The van der Waals surface area contributed by atoms with Crippen LogP contribution in [0.3, 0.4) is 0 Å². The molecule has 44 valence electrons. The molecule has 4 N–H and O–H groups in total. The SMILES string of the molecule is ONCCC(O)O. The van der Waals surface area contributed by atoms with Crippen LogP contribution in [0.15, 0.2) is 0 Å². The third kappa shape index (κ3) is 5.84. The Hall–Kier alpha value is -0.160. The highest BCUT2D eigenvalue weighted by Crippen LogP contribution is 1.79. The van der Waals surface area contributed by atoms with E-state index in [1.54, 1.807) is 5.48 Å². The van der Waals surface area contributed by atoms with E-state index in [1.807, 2.05) is 0 Å². The Balaban J connectivity index is 2.68. The number of hydrogen-bond acceptors (Lipinski definition) is 4. The smallest absolute Gasteiger partial charge is 0.152 e. The minimum Gasteiger partial charge on any atom is -0.368 e. The zero-order valence-corrected chi connectivity index (χ0v) is 3.83. The van der Waals surface area contributed by atoms with Gasteiger partial charge in [-0.25, -0.2) is 5.48 Å². The molecule has 0 aromatic carbocycles. The second-order valence-electron chi connectivity index (χ2n) is 1.18. The summed E-state index contributed by atoms with van der Waals surface area (Å²) >= 11 is 0. The molecule has 0 atom stereocenters. The van der Waals surface area contributed by atoms with Gasteiger partial charge < -0.3 is 15.4 Å². The molecular weight excluding hydrogens is 98.0 g/mol. The Morgan fingerprint density at radius 3 is 2.14 bits per heavy atom. The molecule has 0 saturated carbocycles. The van der Waals surface area contributed by atoms with Crippen LogP contribution in [0.5, 0.6) is 0 Å². The third-order valence-corrected chi connectivity index (χ3v) is 0.514. The van der Waals surface area contributed by atoms with Gasteiger partial charge in [-0.3, -0.25) is 0 Å². The Morgan fingerprint density at radius 2 is 2.00 bits per heavy atom. The molecule has 0 aromatic heterocycles. The lowest BCUT2D eigenvalue weighted by molar-refractivity contribution is -0.0497. The Kier molecular flexibility index (Phi) is 3.92. The van der Waals surface area contributed by atoms with Crippen LogP contribution in [-0.2, 0) is 0 Å². The number of rotatable bonds is 3. The van der Waals surface area contributed by atoms with Gasteiger partial charge in [-0.05, 0) is 0 Å². The summed E-state index contributed by atoms with van der Waals surface area (Å²) in [6, 6.07) is 0. The van der Waals surface area contributed by atoms with Crippen molar-refractivity contribution in [3.63, 3.8) is 0 Å². The van der Waals surface area contributed by atoms with Crippen LogP contribution in [-0.4, -0.2) is 28.3 Å². The fourth-order valence-corrected chi connectivity index (χ4v) is 0.194. The molecule has 0 saturated heterocycles. The predicted octanol–water partition coefficient (Wildman–Crippen LogP) is -1.33. The van der Waals surface area contributed by atoms with Gasteiger partial charge in [0, 0.05) is 13.0 Å². The van der Waals surface area contributed by atoms with Gasteiger partial charge in [0.25, 0.3) is 0 Å². The molecule has 0 rings (SSSR count). The van der Waals surface area contributed by atoms with Crippen LogP contribution < -0.4 is 5.48 Å². The Bertz CT molecular complexity index is 39.2. The molecule has 0 spiro atoms. The molecule has 0 amide bonds. The third-order valence-electron chi connectivity index (χ3n) is 0.514. The summed E-state index contributed by atoms with van der Waals surface area (Å²) in [5.74, 6) is 0. The van der Waals surface area contributed by atoms with Crippen molar-refractivity contribution in [1.82, 2.24) is 5.48 Å². The van der Waals surface area contributed by atoms with Gasteiger partial charge >= 0.3 is 0 Å². The fourth-order valence-electron chi connectivity index (χ4n) is 0.194. The first-order chi connectivity index (χ1) is 3.27. The molecule has 0 aliphatic carbocycles. The lowest BCUT2D eigenvalue weighted by Gasteiger charge is -1.98. The lowest BCUT2D eigenvalue weighted by Crippen LogP contribution is -2.16. The summed E-state index contributed by atoms with van der Waals surface area (Å²) in [7, 11) is 0. The maximum atomic E-state index is 8.09. The molecule has 0 unspecified atom stereocenters. The minimum absolute atomic E-state index is 0.149. The van der Waals surface area contributed by atoms with E-state index in [-0.39, 0.29) is 13.0 Å². The maximum absolute atomic E-state index is 8.09. The summed E-state index contributed by atoms with van der Waals surface area (Å²) in [5.41, 5.74) is 1.78. The van der Waals surface area contributed by atoms with Gasteiger partial charge in [-0.1, -0.05) is 0 Å². The van der Waals surface area contributed by atoms with E-state index in [4.69, 9.17) is 15.4 Å². The molecule has 4 heteroatoms. The van der Waals surface area contributed by atoms with Gasteiger partial charge in [0.1, 0.15) is 0 Å². The van der Waals surface area contributed by atoms with E-state index in [0.29, 0.717) is 0 Å². The number of aliphatic hydroxyl groups is 2. The van der Waals surface area contributed by atoms with Crippen LogP contribution in [0.4, 0.5) is 0 Å². The Labute approximate surface area is 41.4 Å². The first kappa shape index (κ1) is 6.84. The van der Waals surface area contributed by atoms with E-state index in [2.05, 4.69) is 0 Å². The zero-order chi connectivity index (χ0) is 5.70. The zero-order valence-electron chi connectivity index (χ0n) is 3.83. The summed E-state index contributed by atoms with van der Waals surface area (Å²) in [5, 5.41) is 24.0. The van der Waals surface area contributed by atoms with E-state index in [0.717, 1.165) is 0 Å². The van der Waals surface area contributed by atoms with Gasteiger partial charge in [0.05, 0.1) is 0 Å². The minimum atomic E-state index is -1.32. The van der Waals surface area contributed by atoms with Crippen molar-refractivity contribution in [2.24, 2.45) is 0 Å². The molecule has 0 radical (unpaired) electrons. The highest BCUT2D eigenvalue weighted by atomic mass is 16.5. The summed E-state index contributed by atoms with van der Waals surface area (Å²) in [4.78, 5) is 0. The van der Waals surface area contributed by atoms with Crippen molar-refractivity contribution in [2.45, 2.75) is 12.7 Å². The first-order valence-corrected chi connectivity index (χ1v) is 2.00. The Morgan fingerprint density at radius 1 is 1.43 bits per heavy atom. The van der Waals surface area contributed by atoms with Crippen molar-refractivity contribution in [3.05, 3.63) is 0 Å². The molecule has 0 bridgehead atoms. The van der Waals surface area contributed by atoms with E-state index < -0.39 is 6.29 Å². The van der Waals surface area contributed by atoms with Gasteiger partial charge in [-0.2, -0.15) is 0 Å². The molecule has 0 aliphatic rings. The molecule has 0 heterocycles. The number of hydroxylamine groups is 1. The molecule has 0 aromatic rings. The molecule has 4 nitrogen and oxygen atoms in total. The fraction of sp³-hybridized carbons (Fsp3) is 1.00. The summed E-state index contributed by atoms with van der Waals surface area (Å²) in [6.07, 6.45) is -1.17. The van der Waals surface area contributed by atoms with Crippen molar-refractivity contribution < 1.29 is 15.4 Å². The quantitative estimate of drug-likeness (QED) is 0.266. The number of nitrogens with one attached hydrogen (secondary N) is 1. The topological polar surface area (TPSA) is 72.7 Å². The lowest BCUT2D eigenvalue weighted by atomic mass is 10.4. The van der Waals surface area contributed by atoms with Crippen molar-refractivity contribution in [1.29, 1.82) is 0 Å². The normalized spacial score (nSPS) is 10.3. The largest absolute Gasteiger partial charge is 0.368 e. The van der Waals surface area contributed by atoms with Crippen molar-refractivity contribution in [2.75, 3.05) is 6.54 Å². The van der Waals surface area contributed by atoms with Crippen LogP contribution in [0.1, 0.15) is 6.42 Å². The average Bonchev–Trinajstić information content (AvgIpc) is 1.61. The monoisotopic (exact) mass is 107 g/mol. The second-order valence-corrected chi connectivity index (χ2v) is 1.18. The van der Waals surface area contributed by atoms with Crippen LogP contribution in [0.25, 0.3) is 0 Å². The summed E-state index contributed by atoms with van der Waals surface area (Å²) < 4.78 is 0. The first-order valence-electron chi connectivity index (χ1n) is 2.00. The standard InChI is InChI=1S/C3H9NO3/c5-3(6)1-2-4-7/h3-7H,1-2H2. The number of hydrogen-bond donors (Lipinski definition) is 4. The second kappa shape index (κ2) is 4.01. The van der Waals surface area contributed by atoms with Gasteiger partial charge in [-0.15, -0.1) is 0 Å². The van der Waals surface area contributed by atoms with Gasteiger partial charge in [0.15, 0.2) is 6.29 Å². The summed E-state index contributed by atoms with van der Waals surface area (Å²) in [6.45, 7) is 0.206. The molecular formula is C3H9NO3. The van der Waals surface area contributed by atoms with E-state index in [9.17, 15) is 0 Å². The maximum Gasteiger partial charge on any atom is 0.152 e. The van der Waals surface area contributed by atoms with Crippen molar-refractivity contribution in [3.8, 4) is 0 Å². The van der Waals surface area contributed by atoms with Gasteiger partial charge in [0.2, 0.25) is 0 Å². The van der Waals surface area contributed by atoms with E-state index >= 15 is 0 Å². The molecule has 0 fully saturated rings. The molecule has 0 aliphatic heterocycles. The highest BCUT2D eigenvalue weighted by molar-refractivity contribution is 4.36. The highest BCUT2D eigenvalue weighted by Gasteiger charge is 1.92. The number of aliphatic hydroxyl groups excluding tert-OH is 1. The van der Waals surface area contributed by atoms with Crippen LogP contribution in [0, 0.1) is 0 Å². The molecule has 7 heavy (non-hydrogen) atoms.